The third-order valence-electron chi connectivity index (χ3n) is 7.28. The van der Waals surface area contributed by atoms with Gasteiger partial charge in [0.25, 0.3) is 0 Å². The Kier molecular flexibility index (Phi) is 7.32. The van der Waals surface area contributed by atoms with Gasteiger partial charge >= 0.3 is 0 Å². The Hall–Kier alpha value is -3.55. The van der Waals surface area contributed by atoms with E-state index in [1.54, 1.807) is 0 Å². The quantitative estimate of drug-likeness (QED) is 0.361. The zero-order valence-electron chi connectivity index (χ0n) is 21.0. The van der Waals surface area contributed by atoms with Crippen molar-refractivity contribution < 1.29 is 17.6 Å². The minimum Gasteiger partial charge on any atom is -0.356 e. The van der Waals surface area contributed by atoms with Crippen LogP contribution < -0.4 is 10.0 Å². The summed E-state index contributed by atoms with van der Waals surface area (Å²) in [5, 5.41) is 12.2. The number of carbonyl (C=O) groups excluding carboxylic acids is 1. The summed E-state index contributed by atoms with van der Waals surface area (Å²) >= 11 is 0. The summed E-state index contributed by atoms with van der Waals surface area (Å²) < 4.78 is 44.0. The first kappa shape index (κ1) is 26.1. The van der Waals surface area contributed by atoms with E-state index in [1.165, 1.54) is 12.1 Å². The summed E-state index contributed by atoms with van der Waals surface area (Å²) in [5.74, 6) is 2.09. The van der Waals surface area contributed by atoms with E-state index in [0.29, 0.717) is 58.0 Å². The van der Waals surface area contributed by atoms with Gasteiger partial charge in [0.2, 0.25) is 15.9 Å². The third-order valence-corrected chi connectivity index (χ3v) is 8.82. The fourth-order valence-corrected chi connectivity index (χ4v) is 6.50. The van der Waals surface area contributed by atoms with Crippen LogP contribution >= 0.6 is 0 Å². The number of terminal acetylenes is 1. The van der Waals surface area contributed by atoms with Gasteiger partial charge < -0.3 is 9.88 Å². The lowest BCUT2D eigenvalue weighted by molar-refractivity contribution is -0.121. The van der Waals surface area contributed by atoms with E-state index in [0.717, 1.165) is 34.3 Å². The van der Waals surface area contributed by atoms with Gasteiger partial charge in [-0.3, -0.25) is 4.79 Å². The van der Waals surface area contributed by atoms with Crippen LogP contribution in [0.3, 0.4) is 0 Å². The highest BCUT2D eigenvalue weighted by Gasteiger charge is 2.38. The number of halogens is 1. The molecule has 0 bridgehead atoms. The van der Waals surface area contributed by atoms with Gasteiger partial charge in [-0.25, -0.2) is 17.5 Å². The average Bonchev–Trinajstić information content (AvgIpc) is 3.61. The Morgan fingerprint density at radius 3 is 2.66 bits per heavy atom. The smallest absolute Gasteiger partial charge is 0.240 e. The van der Waals surface area contributed by atoms with Crippen LogP contribution in [-0.4, -0.2) is 37.1 Å². The molecule has 1 amide bonds. The SMILES string of the molecule is C#CCCC1(CCNC(=O)CCn2c3c(c4ccccc42)C[C@H](NS(=O)(=O)c2ccc(F)cc2)CC3)N=N1. The predicted octanol–water partition coefficient (Wildman–Crippen LogP) is 4.09. The molecule has 2 aliphatic rings. The van der Waals surface area contributed by atoms with Crippen molar-refractivity contribution in [3.8, 4) is 12.3 Å². The molecule has 198 valence electrons. The molecular formula is C28H30FN5O3S. The summed E-state index contributed by atoms with van der Waals surface area (Å²) in [7, 11) is -3.77. The molecule has 38 heavy (non-hydrogen) atoms. The number of hydrogen-bond donors (Lipinski definition) is 2. The van der Waals surface area contributed by atoms with E-state index in [1.807, 2.05) is 24.3 Å². The van der Waals surface area contributed by atoms with Crippen molar-refractivity contribution in [2.45, 2.75) is 68.1 Å². The van der Waals surface area contributed by atoms with E-state index in [9.17, 15) is 17.6 Å². The van der Waals surface area contributed by atoms with Gasteiger partial charge in [0, 0.05) is 61.4 Å². The number of nitrogens with zero attached hydrogens (tertiary/aromatic N) is 3. The number of carbonyl (C=O) groups is 1. The first-order chi connectivity index (χ1) is 18.3. The van der Waals surface area contributed by atoms with Crippen molar-refractivity contribution in [3.63, 3.8) is 0 Å². The largest absolute Gasteiger partial charge is 0.356 e. The Bertz CT molecular complexity index is 1520. The number of fused-ring (bicyclic) bond motifs is 3. The van der Waals surface area contributed by atoms with Crippen molar-refractivity contribution in [2.75, 3.05) is 6.54 Å². The van der Waals surface area contributed by atoms with Crippen molar-refractivity contribution in [2.24, 2.45) is 10.2 Å². The summed E-state index contributed by atoms with van der Waals surface area (Å²) in [6, 6.07) is 12.6. The van der Waals surface area contributed by atoms with Gasteiger partial charge in [-0.2, -0.15) is 10.2 Å². The maximum atomic E-state index is 13.3. The van der Waals surface area contributed by atoms with Crippen LogP contribution in [-0.2, 0) is 34.2 Å². The molecule has 0 spiro atoms. The van der Waals surface area contributed by atoms with Crippen LogP contribution in [0.2, 0.25) is 0 Å². The average molecular weight is 536 g/mol. The van der Waals surface area contributed by atoms with Gasteiger partial charge in [0.15, 0.2) is 5.66 Å². The summed E-state index contributed by atoms with van der Waals surface area (Å²) in [5.41, 5.74) is 2.87. The number of aryl methyl sites for hydroxylation is 1. The van der Waals surface area contributed by atoms with Crippen molar-refractivity contribution in [1.29, 1.82) is 0 Å². The summed E-state index contributed by atoms with van der Waals surface area (Å²) in [6.45, 7) is 1.03. The van der Waals surface area contributed by atoms with Crippen LogP contribution in [0.5, 0.6) is 0 Å². The highest BCUT2D eigenvalue weighted by molar-refractivity contribution is 7.89. The monoisotopic (exact) mass is 535 g/mol. The van der Waals surface area contributed by atoms with E-state index in [2.05, 4.69) is 30.8 Å². The van der Waals surface area contributed by atoms with Gasteiger partial charge in [0.1, 0.15) is 5.82 Å². The Morgan fingerprint density at radius 2 is 1.92 bits per heavy atom. The Morgan fingerprint density at radius 1 is 1.16 bits per heavy atom. The van der Waals surface area contributed by atoms with Crippen LogP contribution in [0, 0.1) is 18.2 Å². The van der Waals surface area contributed by atoms with Gasteiger partial charge in [-0.1, -0.05) is 18.2 Å². The molecule has 2 heterocycles. The van der Waals surface area contributed by atoms with Crippen LogP contribution in [0.4, 0.5) is 4.39 Å². The van der Waals surface area contributed by atoms with Crippen molar-refractivity contribution >= 4 is 26.8 Å². The highest BCUT2D eigenvalue weighted by atomic mass is 32.2. The minimum absolute atomic E-state index is 0.0370. The zero-order chi connectivity index (χ0) is 26.8. The van der Waals surface area contributed by atoms with Gasteiger partial charge in [-0.05, 0) is 55.2 Å². The molecule has 2 N–H and O–H groups in total. The van der Waals surface area contributed by atoms with Crippen LogP contribution in [0.1, 0.15) is 43.4 Å². The molecule has 0 radical (unpaired) electrons. The van der Waals surface area contributed by atoms with Gasteiger partial charge in [0.05, 0.1) is 4.90 Å². The summed E-state index contributed by atoms with van der Waals surface area (Å²) in [4.78, 5) is 12.7. The molecule has 1 aliphatic heterocycles. The lowest BCUT2D eigenvalue weighted by Crippen LogP contribution is -2.39. The second-order valence-corrected chi connectivity index (χ2v) is 11.6. The Balaban J connectivity index is 1.23. The second kappa shape index (κ2) is 10.7. The first-order valence-corrected chi connectivity index (χ1v) is 14.3. The topological polar surface area (TPSA) is 105 Å². The third kappa shape index (κ3) is 5.64. The predicted molar refractivity (Wildman–Crippen MR) is 142 cm³/mol. The molecule has 0 saturated carbocycles. The first-order valence-electron chi connectivity index (χ1n) is 12.8. The number of sulfonamides is 1. The fraction of sp³-hybridized carbons (Fsp3) is 0.393. The molecule has 3 aromatic rings. The van der Waals surface area contributed by atoms with Crippen LogP contribution in [0.25, 0.3) is 10.9 Å². The molecule has 1 aliphatic carbocycles. The molecule has 1 aromatic heterocycles. The number of nitrogens with one attached hydrogen (secondary N) is 2. The van der Waals surface area contributed by atoms with E-state index >= 15 is 0 Å². The number of aromatic nitrogens is 1. The standard InChI is InChI=1S/C28H30FN5O3S/c1-2-3-15-28(32-33-28)16-17-30-27(35)14-18-34-25-7-5-4-6-23(25)24-19-21(10-13-26(24)34)31-38(36,37)22-11-8-20(29)9-12-22/h1,4-9,11-12,21,31H,3,10,13-19H2,(H,30,35)/t21-/m1/s1. The Labute approximate surface area is 221 Å². The summed E-state index contributed by atoms with van der Waals surface area (Å²) in [6.07, 6.45) is 9.49. The van der Waals surface area contributed by atoms with E-state index < -0.39 is 21.5 Å². The number of para-hydroxylation sites is 1. The van der Waals surface area contributed by atoms with E-state index in [-0.39, 0.29) is 16.8 Å². The maximum Gasteiger partial charge on any atom is 0.240 e. The maximum absolute atomic E-state index is 13.3. The molecule has 5 rings (SSSR count). The molecule has 0 saturated heterocycles. The van der Waals surface area contributed by atoms with Gasteiger partial charge in [-0.15, -0.1) is 12.3 Å². The molecule has 1 atom stereocenters. The lowest BCUT2D eigenvalue weighted by Gasteiger charge is -2.25. The van der Waals surface area contributed by atoms with Crippen LogP contribution in [0.15, 0.2) is 63.7 Å². The molecular weight excluding hydrogens is 505 g/mol. The molecule has 0 unspecified atom stereocenters. The second-order valence-electron chi connectivity index (χ2n) is 9.85. The number of amides is 1. The van der Waals surface area contributed by atoms with Crippen molar-refractivity contribution in [3.05, 3.63) is 65.6 Å². The zero-order valence-corrected chi connectivity index (χ0v) is 21.8. The molecule has 10 heteroatoms. The lowest BCUT2D eigenvalue weighted by atomic mass is 9.92. The normalized spacial score (nSPS) is 17.6. The van der Waals surface area contributed by atoms with Crippen molar-refractivity contribution in [1.82, 2.24) is 14.6 Å². The minimum atomic E-state index is -3.77. The molecule has 8 nitrogen and oxygen atoms in total. The molecule has 2 aromatic carbocycles. The molecule has 0 fully saturated rings. The highest BCUT2D eigenvalue weighted by Crippen LogP contribution is 2.36. The van der Waals surface area contributed by atoms with E-state index in [4.69, 9.17) is 6.42 Å². The fourth-order valence-electron chi connectivity index (χ4n) is 5.23. The number of rotatable bonds is 11. The number of hydrogen-bond acceptors (Lipinski definition) is 5. The number of benzene rings is 2.